The molecule has 1 unspecified atom stereocenters. The predicted molar refractivity (Wildman–Crippen MR) is 161 cm³/mol. The number of aryl methyl sites for hydroxylation is 1. The van der Waals surface area contributed by atoms with Crippen molar-refractivity contribution in [2.75, 3.05) is 31.2 Å². The number of alkyl halides is 3. The molecular formula is C34H38F3N5O2. The number of carbonyl (C=O) groups excluding carboxylic acids is 1. The fourth-order valence-electron chi connectivity index (χ4n) is 7.44. The van der Waals surface area contributed by atoms with Crippen molar-refractivity contribution in [2.24, 2.45) is 18.9 Å². The number of likely N-dealkylation sites (tertiary alicyclic amines) is 1. The molecule has 10 heteroatoms. The second-order valence-electron chi connectivity index (χ2n) is 12.8. The number of hydrogen-bond acceptors (Lipinski definition) is 5. The third-order valence-corrected chi connectivity index (χ3v) is 9.48. The summed E-state index contributed by atoms with van der Waals surface area (Å²) in [5, 5.41) is 4.60. The zero-order valence-corrected chi connectivity index (χ0v) is 25.4. The molecule has 1 saturated heterocycles. The van der Waals surface area contributed by atoms with E-state index in [1.54, 1.807) is 23.1 Å². The summed E-state index contributed by atoms with van der Waals surface area (Å²) in [5.74, 6) is 3.61. The van der Waals surface area contributed by atoms with E-state index in [0.29, 0.717) is 23.1 Å². The fourth-order valence-corrected chi connectivity index (χ4v) is 7.44. The van der Waals surface area contributed by atoms with Gasteiger partial charge in [0.2, 0.25) is 0 Å². The molecule has 0 radical (unpaired) electrons. The number of aromatic nitrogens is 3. The summed E-state index contributed by atoms with van der Waals surface area (Å²) in [6, 6.07) is 9.98. The van der Waals surface area contributed by atoms with E-state index in [2.05, 4.69) is 34.8 Å². The number of nitrogens with zero attached hydrogens (tertiary/aromatic N) is 5. The molecule has 1 amide bonds. The molecule has 6 rings (SSSR count). The van der Waals surface area contributed by atoms with Gasteiger partial charge in [0.25, 0.3) is 5.91 Å². The highest BCUT2D eigenvalue weighted by atomic mass is 19.4. The first-order chi connectivity index (χ1) is 21.0. The van der Waals surface area contributed by atoms with Crippen molar-refractivity contribution in [2.45, 2.75) is 63.7 Å². The smallest absolute Gasteiger partial charge is 0.367 e. The normalized spacial score (nSPS) is 24.6. The quantitative estimate of drug-likeness (QED) is 0.228. The van der Waals surface area contributed by atoms with Crippen LogP contribution in [0.1, 0.15) is 84.0 Å². The summed E-state index contributed by atoms with van der Waals surface area (Å²) in [4.78, 5) is 22.1. The van der Waals surface area contributed by atoms with E-state index < -0.39 is 29.1 Å². The lowest BCUT2D eigenvalue weighted by Gasteiger charge is -2.45. The summed E-state index contributed by atoms with van der Waals surface area (Å²) in [6.45, 7) is 5.85. The molecule has 2 aromatic carbocycles. The van der Waals surface area contributed by atoms with Crippen LogP contribution in [0.3, 0.4) is 0 Å². The van der Waals surface area contributed by atoms with Crippen molar-refractivity contribution in [3.63, 3.8) is 0 Å². The van der Waals surface area contributed by atoms with Crippen LogP contribution in [-0.4, -0.2) is 51.9 Å². The number of fused-ring (bicyclic) bond motifs is 1. The minimum absolute atomic E-state index is 0.00494. The van der Waals surface area contributed by atoms with Gasteiger partial charge in [-0.25, -0.2) is 4.98 Å². The molecule has 3 heterocycles. The Morgan fingerprint density at radius 3 is 2.64 bits per heavy atom. The molecule has 1 aromatic heterocycles. The van der Waals surface area contributed by atoms with Gasteiger partial charge in [-0.15, -0.1) is 6.42 Å². The third kappa shape index (κ3) is 5.52. The average Bonchev–Trinajstić information content (AvgIpc) is 3.55. The van der Waals surface area contributed by atoms with E-state index in [1.807, 2.05) is 25.2 Å². The molecule has 2 atom stereocenters. The fraction of sp³-hybridized carbons (Fsp3) is 0.500. The summed E-state index contributed by atoms with van der Waals surface area (Å²) >= 11 is 0. The highest BCUT2D eigenvalue weighted by molar-refractivity contribution is 6.10. The molecule has 0 N–H and O–H groups in total. The zero-order chi connectivity index (χ0) is 31.2. The molecule has 3 aliphatic rings. The third-order valence-electron chi connectivity index (χ3n) is 9.48. The van der Waals surface area contributed by atoms with Crippen molar-refractivity contribution < 1.29 is 22.7 Å². The second kappa shape index (κ2) is 11.7. The number of terminal acetylenes is 1. The van der Waals surface area contributed by atoms with Gasteiger partial charge in [0, 0.05) is 24.8 Å². The summed E-state index contributed by atoms with van der Waals surface area (Å²) in [5.41, 5.74) is 0.877. The molecule has 0 bridgehead atoms. The number of piperidine rings is 1. The Hall–Kier alpha value is -3.68. The Morgan fingerprint density at radius 1 is 1.18 bits per heavy atom. The molecule has 2 aliphatic heterocycles. The number of carbonyl (C=O) groups is 1. The molecule has 0 spiro atoms. The molecule has 2 fully saturated rings. The van der Waals surface area contributed by atoms with Crippen LogP contribution in [0.15, 0.2) is 42.7 Å². The number of ether oxygens (including phenoxy) is 1. The summed E-state index contributed by atoms with van der Waals surface area (Å²) < 4.78 is 51.3. The van der Waals surface area contributed by atoms with Crippen LogP contribution < -0.4 is 4.90 Å². The Kier molecular flexibility index (Phi) is 8.05. The van der Waals surface area contributed by atoms with Crippen molar-refractivity contribution in [1.29, 1.82) is 0 Å². The van der Waals surface area contributed by atoms with Crippen LogP contribution in [0, 0.1) is 24.2 Å². The molecule has 44 heavy (non-hydrogen) atoms. The molecular weight excluding hydrogens is 567 g/mol. The minimum atomic E-state index is -4.63. The van der Waals surface area contributed by atoms with Crippen molar-refractivity contribution in [3.8, 4) is 12.3 Å². The second-order valence-corrected chi connectivity index (χ2v) is 12.8. The van der Waals surface area contributed by atoms with Crippen LogP contribution in [0.2, 0.25) is 0 Å². The van der Waals surface area contributed by atoms with Crippen LogP contribution in [0.4, 0.5) is 18.9 Å². The Bertz CT molecular complexity index is 1590. The Labute approximate surface area is 256 Å². The lowest BCUT2D eigenvalue weighted by molar-refractivity contribution is -0.138. The van der Waals surface area contributed by atoms with E-state index in [9.17, 15) is 18.0 Å². The van der Waals surface area contributed by atoms with Gasteiger partial charge in [-0.1, -0.05) is 31.9 Å². The van der Waals surface area contributed by atoms with Crippen molar-refractivity contribution in [3.05, 3.63) is 76.4 Å². The maximum absolute atomic E-state index is 14.6. The van der Waals surface area contributed by atoms with Gasteiger partial charge in [0.15, 0.2) is 5.82 Å². The van der Waals surface area contributed by atoms with Crippen LogP contribution >= 0.6 is 0 Å². The molecule has 1 saturated carbocycles. The largest absolute Gasteiger partial charge is 0.416 e. The van der Waals surface area contributed by atoms with Gasteiger partial charge in [0.1, 0.15) is 12.9 Å². The molecule has 232 valence electrons. The number of rotatable bonds is 8. The van der Waals surface area contributed by atoms with Crippen molar-refractivity contribution in [1.82, 2.24) is 19.7 Å². The first-order valence-corrected chi connectivity index (χ1v) is 15.3. The Balaban J connectivity index is 1.37. The van der Waals surface area contributed by atoms with Crippen LogP contribution in [0.5, 0.6) is 0 Å². The van der Waals surface area contributed by atoms with Gasteiger partial charge in [-0.3, -0.25) is 14.4 Å². The van der Waals surface area contributed by atoms with E-state index in [-0.39, 0.29) is 30.9 Å². The first kappa shape index (κ1) is 30.4. The SMILES string of the molecule is C#CCOCC(c1cc2c(c(C(F)(F)F)c1)CN(c1cccc(C3(c4ncn(C)n4)CC(C)C3)c1)C2=O)N1CCC[C@H](C)C1. The lowest BCUT2D eigenvalue weighted by Crippen LogP contribution is -2.42. The van der Waals surface area contributed by atoms with Gasteiger partial charge in [0.05, 0.1) is 30.2 Å². The van der Waals surface area contributed by atoms with Gasteiger partial charge in [-0.05, 0) is 85.0 Å². The maximum atomic E-state index is 14.6. The lowest BCUT2D eigenvalue weighted by atomic mass is 9.58. The van der Waals surface area contributed by atoms with Crippen molar-refractivity contribution >= 4 is 11.6 Å². The number of hydrogen-bond donors (Lipinski definition) is 0. The summed E-state index contributed by atoms with van der Waals surface area (Å²) in [7, 11) is 1.83. The molecule has 1 aliphatic carbocycles. The van der Waals surface area contributed by atoms with Gasteiger partial charge in [-0.2, -0.15) is 18.3 Å². The van der Waals surface area contributed by atoms with E-state index >= 15 is 0 Å². The van der Waals surface area contributed by atoms with E-state index in [0.717, 1.165) is 50.2 Å². The highest BCUT2D eigenvalue weighted by Gasteiger charge is 2.48. The highest BCUT2D eigenvalue weighted by Crippen LogP contribution is 2.52. The number of anilines is 1. The molecule has 3 aromatic rings. The summed E-state index contributed by atoms with van der Waals surface area (Å²) in [6.07, 6.45) is 6.16. The number of halogens is 3. The number of amides is 1. The van der Waals surface area contributed by atoms with Crippen LogP contribution in [0.25, 0.3) is 0 Å². The van der Waals surface area contributed by atoms with E-state index in [1.165, 1.54) is 11.0 Å². The number of benzene rings is 2. The Morgan fingerprint density at radius 2 is 1.98 bits per heavy atom. The van der Waals surface area contributed by atoms with Gasteiger partial charge < -0.3 is 9.64 Å². The minimum Gasteiger partial charge on any atom is -0.367 e. The predicted octanol–water partition coefficient (Wildman–Crippen LogP) is 6.13. The van der Waals surface area contributed by atoms with Crippen LogP contribution in [-0.2, 0) is 29.9 Å². The first-order valence-electron chi connectivity index (χ1n) is 15.3. The maximum Gasteiger partial charge on any atom is 0.416 e. The monoisotopic (exact) mass is 605 g/mol. The van der Waals surface area contributed by atoms with Gasteiger partial charge >= 0.3 is 6.18 Å². The zero-order valence-electron chi connectivity index (χ0n) is 25.4. The standard InChI is InChI=1S/C34H38F3N5O2/c1-5-12-44-20-30(41-11-7-8-22(2)18-41)24-13-27-28(29(14-24)34(35,36)37)19-42(31(27)43)26-10-6-9-25(15-26)33(16-23(3)17-33)32-38-21-40(4)39-32/h1,6,9-10,13-15,21-23,30H,7-8,11-12,16-20H2,2-4H3/t22-,23?,30?,33?/m0/s1. The average molecular weight is 606 g/mol. The van der Waals surface area contributed by atoms with E-state index in [4.69, 9.17) is 11.2 Å². The molecule has 7 nitrogen and oxygen atoms in total. The topological polar surface area (TPSA) is 63.5 Å².